The Kier molecular flexibility index (Phi) is 8.63. The SMILES string of the molecule is CCCCN1C(=O)NC(c2cccc(NC(=O)Cc3ccc(F)cc3)c2)C(C(=O)OC(C)C)=C1C. The van der Waals surface area contributed by atoms with Crippen molar-refractivity contribution in [2.75, 3.05) is 11.9 Å². The first-order valence-corrected chi connectivity index (χ1v) is 11.8. The highest BCUT2D eigenvalue weighted by Crippen LogP contribution is 2.33. The molecule has 0 aliphatic carbocycles. The average Bonchev–Trinajstić information content (AvgIpc) is 2.79. The molecule has 8 heteroatoms. The summed E-state index contributed by atoms with van der Waals surface area (Å²) in [7, 11) is 0. The zero-order valence-corrected chi connectivity index (χ0v) is 20.6. The third-order valence-corrected chi connectivity index (χ3v) is 5.68. The third-order valence-electron chi connectivity index (χ3n) is 5.68. The van der Waals surface area contributed by atoms with Crippen molar-refractivity contribution in [3.8, 4) is 0 Å². The summed E-state index contributed by atoms with van der Waals surface area (Å²) in [6.07, 6.45) is 1.48. The Hall–Kier alpha value is -3.68. The molecule has 1 aliphatic rings. The largest absolute Gasteiger partial charge is 0.459 e. The van der Waals surface area contributed by atoms with Gasteiger partial charge in [0, 0.05) is 17.9 Å². The molecule has 2 N–H and O–H groups in total. The Morgan fingerprint density at radius 3 is 2.54 bits per heavy atom. The van der Waals surface area contributed by atoms with Crippen LogP contribution in [0.1, 0.15) is 57.7 Å². The molecule has 0 bridgehead atoms. The van der Waals surface area contributed by atoms with E-state index in [1.54, 1.807) is 62.1 Å². The number of urea groups is 1. The lowest BCUT2D eigenvalue weighted by molar-refractivity contribution is -0.143. The molecule has 0 spiro atoms. The van der Waals surface area contributed by atoms with Crippen LogP contribution in [0.3, 0.4) is 0 Å². The summed E-state index contributed by atoms with van der Waals surface area (Å²) in [6, 6.07) is 11.7. The topological polar surface area (TPSA) is 87.7 Å². The van der Waals surface area contributed by atoms with E-state index < -0.39 is 12.0 Å². The van der Waals surface area contributed by atoms with Gasteiger partial charge in [0.1, 0.15) is 5.82 Å². The second-order valence-corrected chi connectivity index (χ2v) is 8.82. The quantitative estimate of drug-likeness (QED) is 0.488. The molecule has 7 nitrogen and oxygen atoms in total. The standard InChI is InChI=1S/C27H32FN3O4/c1-5-6-14-31-18(4)24(26(33)35-17(2)3)25(30-27(31)34)20-8-7-9-22(16-20)29-23(32)15-19-10-12-21(28)13-11-19/h7-13,16-17,25H,5-6,14-15H2,1-4H3,(H,29,32)(H,30,34). The van der Waals surface area contributed by atoms with Gasteiger partial charge in [0.25, 0.3) is 0 Å². The van der Waals surface area contributed by atoms with Crippen molar-refractivity contribution >= 4 is 23.6 Å². The maximum atomic E-state index is 13.1. The van der Waals surface area contributed by atoms with Gasteiger partial charge in [0.2, 0.25) is 5.91 Å². The van der Waals surface area contributed by atoms with Crippen LogP contribution in [0.25, 0.3) is 0 Å². The number of amides is 3. The lowest BCUT2D eigenvalue weighted by Crippen LogP contribution is -2.48. The van der Waals surface area contributed by atoms with Gasteiger partial charge >= 0.3 is 12.0 Å². The second kappa shape index (κ2) is 11.6. The van der Waals surface area contributed by atoms with Crippen molar-refractivity contribution in [1.82, 2.24) is 10.2 Å². The number of nitrogens with zero attached hydrogens (tertiary/aromatic N) is 1. The Labute approximate surface area is 205 Å². The number of anilines is 1. The summed E-state index contributed by atoms with van der Waals surface area (Å²) in [5.41, 5.74) is 2.77. The Balaban J connectivity index is 1.87. The van der Waals surface area contributed by atoms with Gasteiger partial charge in [0.15, 0.2) is 0 Å². The molecule has 2 aromatic carbocycles. The monoisotopic (exact) mass is 481 g/mol. The van der Waals surface area contributed by atoms with Gasteiger partial charge in [-0.1, -0.05) is 37.6 Å². The first kappa shape index (κ1) is 25.9. The predicted molar refractivity (Wildman–Crippen MR) is 132 cm³/mol. The fraction of sp³-hybridized carbons (Fsp3) is 0.370. The number of rotatable bonds is 9. The van der Waals surface area contributed by atoms with Crippen LogP contribution in [0.15, 0.2) is 59.8 Å². The molecule has 1 unspecified atom stereocenters. The number of carbonyl (C=O) groups excluding carboxylic acids is 3. The van der Waals surface area contributed by atoms with Crippen molar-refractivity contribution in [1.29, 1.82) is 0 Å². The molecule has 1 aliphatic heterocycles. The van der Waals surface area contributed by atoms with Gasteiger partial charge in [-0.25, -0.2) is 14.0 Å². The lowest BCUT2D eigenvalue weighted by Gasteiger charge is -2.35. The fourth-order valence-corrected chi connectivity index (χ4v) is 3.95. The van der Waals surface area contributed by atoms with Gasteiger partial charge in [0.05, 0.1) is 24.1 Å². The molecule has 1 heterocycles. The number of ether oxygens (including phenoxy) is 1. The number of esters is 1. The van der Waals surface area contributed by atoms with E-state index in [4.69, 9.17) is 4.74 Å². The van der Waals surface area contributed by atoms with Crippen molar-refractivity contribution < 1.29 is 23.5 Å². The Morgan fingerprint density at radius 2 is 1.89 bits per heavy atom. The molecule has 0 fully saturated rings. The molecule has 0 aromatic heterocycles. The lowest BCUT2D eigenvalue weighted by atomic mass is 9.94. The van der Waals surface area contributed by atoms with E-state index in [0.717, 1.165) is 12.8 Å². The molecule has 0 saturated heterocycles. The highest BCUT2D eigenvalue weighted by molar-refractivity contribution is 5.95. The molecule has 0 saturated carbocycles. The van der Waals surface area contributed by atoms with Crippen molar-refractivity contribution in [2.24, 2.45) is 0 Å². The molecule has 0 radical (unpaired) electrons. The molecule has 3 amide bonds. The maximum Gasteiger partial charge on any atom is 0.338 e. The number of hydrogen-bond acceptors (Lipinski definition) is 4. The van der Waals surface area contributed by atoms with Crippen LogP contribution in [-0.4, -0.2) is 35.5 Å². The number of hydrogen-bond donors (Lipinski definition) is 2. The van der Waals surface area contributed by atoms with Crippen LogP contribution >= 0.6 is 0 Å². The second-order valence-electron chi connectivity index (χ2n) is 8.82. The highest BCUT2D eigenvalue weighted by Gasteiger charge is 2.36. The average molecular weight is 482 g/mol. The smallest absolute Gasteiger partial charge is 0.338 e. The summed E-state index contributed by atoms with van der Waals surface area (Å²) >= 11 is 0. The minimum Gasteiger partial charge on any atom is -0.459 e. The molecular formula is C27H32FN3O4. The van der Waals surface area contributed by atoms with Gasteiger partial charge in [-0.3, -0.25) is 9.69 Å². The van der Waals surface area contributed by atoms with Crippen molar-refractivity contribution in [2.45, 2.75) is 59.1 Å². The molecule has 35 heavy (non-hydrogen) atoms. The van der Waals surface area contributed by atoms with Crippen molar-refractivity contribution in [3.63, 3.8) is 0 Å². The van der Waals surface area contributed by atoms with Crippen LogP contribution in [0, 0.1) is 5.82 Å². The number of carbonyl (C=O) groups is 3. The van der Waals surface area contributed by atoms with Gasteiger partial charge in [-0.2, -0.15) is 0 Å². The number of halogens is 1. The molecule has 186 valence electrons. The van der Waals surface area contributed by atoms with E-state index in [0.29, 0.717) is 34.6 Å². The zero-order chi connectivity index (χ0) is 25.5. The number of benzene rings is 2. The zero-order valence-electron chi connectivity index (χ0n) is 20.6. The van der Waals surface area contributed by atoms with Crippen molar-refractivity contribution in [3.05, 3.63) is 76.7 Å². The summed E-state index contributed by atoms with van der Waals surface area (Å²) in [5, 5.41) is 5.76. The van der Waals surface area contributed by atoms with E-state index >= 15 is 0 Å². The molecule has 2 aromatic rings. The van der Waals surface area contributed by atoms with Gasteiger partial charge < -0.3 is 15.4 Å². The maximum absolute atomic E-state index is 13.1. The summed E-state index contributed by atoms with van der Waals surface area (Å²) in [5.74, 6) is -1.12. The Morgan fingerprint density at radius 1 is 1.17 bits per heavy atom. The summed E-state index contributed by atoms with van der Waals surface area (Å²) in [6.45, 7) is 7.84. The predicted octanol–water partition coefficient (Wildman–Crippen LogP) is 5.10. The van der Waals surface area contributed by atoms with Crippen LogP contribution in [0.5, 0.6) is 0 Å². The normalized spacial score (nSPS) is 15.8. The minimum atomic E-state index is -0.722. The number of unbranched alkanes of at least 4 members (excludes halogenated alkanes) is 1. The summed E-state index contributed by atoms with van der Waals surface area (Å²) < 4.78 is 18.6. The van der Waals surface area contributed by atoms with E-state index in [9.17, 15) is 18.8 Å². The van der Waals surface area contributed by atoms with Crippen LogP contribution in [0.4, 0.5) is 14.9 Å². The molecule has 3 rings (SSSR count). The first-order chi connectivity index (χ1) is 16.7. The van der Waals surface area contributed by atoms with E-state index in [2.05, 4.69) is 10.6 Å². The third kappa shape index (κ3) is 6.68. The molecular weight excluding hydrogens is 449 g/mol. The van der Waals surface area contributed by atoms with Crippen LogP contribution in [-0.2, 0) is 20.7 Å². The first-order valence-electron chi connectivity index (χ1n) is 11.8. The number of allylic oxidation sites excluding steroid dienone is 1. The highest BCUT2D eigenvalue weighted by atomic mass is 19.1. The number of nitrogens with one attached hydrogen (secondary N) is 2. The van der Waals surface area contributed by atoms with E-state index in [1.807, 2.05) is 6.92 Å². The minimum absolute atomic E-state index is 0.0854. The fourth-order valence-electron chi connectivity index (χ4n) is 3.95. The Bertz CT molecular complexity index is 1110. The molecule has 1 atom stereocenters. The van der Waals surface area contributed by atoms with Gasteiger partial charge in [-0.15, -0.1) is 0 Å². The van der Waals surface area contributed by atoms with Gasteiger partial charge in [-0.05, 0) is 62.6 Å². The van der Waals surface area contributed by atoms with E-state index in [-0.39, 0.29) is 30.3 Å². The van der Waals surface area contributed by atoms with Crippen LogP contribution < -0.4 is 10.6 Å². The van der Waals surface area contributed by atoms with E-state index in [1.165, 1.54) is 12.1 Å². The summed E-state index contributed by atoms with van der Waals surface area (Å²) in [4.78, 5) is 40.1. The van der Waals surface area contributed by atoms with Crippen LogP contribution in [0.2, 0.25) is 0 Å².